The highest BCUT2D eigenvalue weighted by Gasteiger charge is 2.09. The first-order valence-corrected chi connectivity index (χ1v) is 7.18. The molecule has 6 heteroatoms. The van der Waals surface area contributed by atoms with Crippen LogP contribution in [0.3, 0.4) is 0 Å². The number of carbonyl (C=O) groups is 1. The molecule has 1 amide bonds. The van der Waals surface area contributed by atoms with Crippen molar-refractivity contribution < 1.29 is 4.79 Å². The van der Waals surface area contributed by atoms with Gasteiger partial charge < -0.3 is 16.0 Å². The molecule has 0 saturated heterocycles. The minimum Gasteiger partial charge on any atom is -0.370 e. The summed E-state index contributed by atoms with van der Waals surface area (Å²) in [4.78, 5) is 19.9. The molecule has 20 heavy (non-hydrogen) atoms. The van der Waals surface area contributed by atoms with Crippen LogP contribution in [0.25, 0.3) is 0 Å². The molecular formula is C14H25N5O. The molecule has 0 aliphatic rings. The lowest BCUT2D eigenvalue weighted by Crippen LogP contribution is -2.26. The molecule has 1 rings (SSSR count). The number of nitrogens with one attached hydrogen (secondary N) is 3. The van der Waals surface area contributed by atoms with Gasteiger partial charge in [0.1, 0.15) is 17.5 Å². The van der Waals surface area contributed by atoms with Gasteiger partial charge in [-0.3, -0.25) is 4.79 Å². The summed E-state index contributed by atoms with van der Waals surface area (Å²) >= 11 is 0. The number of rotatable bonds is 8. The zero-order valence-electron chi connectivity index (χ0n) is 12.8. The fourth-order valence-corrected chi connectivity index (χ4v) is 1.83. The minimum atomic E-state index is -0.0220. The van der Waals surface area contributed by atoms with Crippen LogP contribution in [0.5, 0.6) is 0 Å². The number of aromatic nitrogens is 2. The van der Waals surface area contributed by atoms with Gasteiger partial charge in [-0.25, -0.2) is 9.97 Å². The number of hydrogen-bond acceptors (Lipinski definition) is 5. The fraction of sp³-hybridized carbons (Fsp3) is 0.643. The van der Waals surface area contributed by atoms with Crippen LogP contribution in [0, 0.1) is 6.92 Å². The number of anilines is 2. The lowest BCUT2D eigenvalue weighted by Gasteiger charge is -2.14. The van der Waals surface area contributed by atoms with Gasteiger partial charge in [0, 0.05) is 38.5 Å². The maximum atomic E-state index is 10.8. The van der Waals surface area contributed by atoms with Crippen molar-refractivity contribution in [3.8, 4) is 0 Å². The van der Waals surface area contributed by atoms with E-state index in [1.807, 2.05) is 13.8 Å². The Morgan fingerprint density at radius 3 is 2.30 bits per heavy atom. The van der Waals surface area contributed by atoms with Crippen LogP contribution in [0.2, 0.25) is 0 Å². The van der Waals surface area contributed by atoms with Gasteiger partial charge in [0.15, 0.2) is 0 Å². The van der Waals surface area contributed by atoms with Gasteiger partial charge >= 0.3 is 0 Å². The third-order valence-electron chi connectivity index (χ3n) is 2.80. The largest absolute Gasteiger partial charge is 0.370 e. The molecule has 0 bridgehead atoms. The summed E-state index contributed by atoms with van der Waals surface area (Å²) in [5.41, 5.74) is 1.01. The Labute approximate surface area is 120 Å². The standard InChI is InChI=1S/C14H25N5O/c1-5-7-12-18-13(15-6-2)10(3)14(19-12)17-9-8-16-11(4)20/h5-9H2,1-4H3,(H,16,20)(H2,15,17,18,19). The van der Waals surface area contributed by atoms with Gasteiger partial charge in [-0.05, 0) is 20.3 Å². The molecule has 1 aromatic rings. The Bertz CT molecular complexity index is 447. The Kier molecular flexibility index (Phi) is 6.76. The molecule has 0 aliphatic carbocycles. The third-order valence-corrected chi connectivity index (χ3v) is 2.80. The van der Waals surface area contributed by atoms with E-state index in [2.05, 4.69) is 32.8 Å². The second-order valence-corrected chi connectivity index (χ2v) is 4.65. The molecule has 0 unspecified atom stereocenters. The molecule has 0 spiro atoms. The number of carbonyl (C=O) groups excluding carboxylic acids is 1. The van der Waals surface area contributed by atoms with E-state index in [0.29, 0.717) is 13.1 Å². The SMILES string of the molecule is CCCc1nc(NCC)c(C)c(NCCNC(C)=O)n1. The number of aryl methyl sites for hydroxylation is 1. The van der Waals surface area contributed by atoms with E-state index in [1.54, 1.807) is 0 Å². The van der Waals surface area contributed by atoms with E-state index in [-0.39, 0.29) is 5.91 Å². The summed E-state index contributed by atoms with van der Waals surface area (Å²) in [6, 6.07) is 0. The predicted octanol–water partition coefficient (Wildman–Crippen LogP) is 1.72. The Morgan fingerprint density at radius 1 is 1.10 bits per heavy atom. The topological polar surface area (TPSA) is 78.9 Å². The lowest BCUT2D eigenvalue weighted by molar-refractivity contribution is -0.118. The Morgan fingerprint density at radius 2 is 1.75 bits per heavy atom. The monoisotopic (exact) mass is 279 g/mol. The van der Waals surface area contributed by atoms with Crippen LogP contribution in [-0.2, 0) is 11.2 Å². The molecule has 0 aliphatic heterocycles. The first-order valence-electron chi connectivity index (χ1n) is 7.18. The molecule has 112 valence electrons. The van der Waals surface area contributed by atoms with Crippen molar-refractivity contribution in [3.05, 3.63) is 11.4 Å². The van der Waals surface area contributed by atoms with E-state index < -0.39 is 0 Å². The third kappa shape index (κ3) is 5.03. The van der Waals surface area contributed by atoms with E-state index >= 15 is 0 Å². The first kappa shape index (κ1) is 16.2. The molecular weight excluding hydrogens is 254 g/mol. The molecule has 0 aromatic carbocycles. The van der Waals surface area contributed by atoms with E-state index in [0.717, 1.165) is 42.4 Å². The zero-order valence-corrected chi connectivity index (χ0v) is 12.8. The normalized spacial score (nSPS) is 10.2. The van der Waals surface area contributed by atoms with Crippen LogP contribution in [-0.4, -0.2) is 35.5 Å². The van der Waals surface area contributed by atoms with Crippen molar-refractivity contribution in [2.75, 3.05) is 30.3 Å². The Balaban J connectivity index is 2.78. The average molecular weight is 279 g/mol. The van der Waals surface area contributed by atoms with Gasteiger partial charge in [0.25, 0.3) is 0 Å². The van der Waals surface area contributed by atoms with Crippen LogP contribution in [0.15, 0.2) is 0 Å². The lowest BCUT2D eigenvalue weighted by atomic mass is 10.2. The van der Waals surface area contributed by atoms with Crippen molar-refractivity contribution in [2.24, 2.45) is 0 Å². The summed E-state index contributed by atoms with van der Waals surface area (Å²) in [7, 11) is 0. The van der Waals surface area contributed by atoms with E-state index in [4.69, 9.17) is 0 Å². The van der Waals surface area contributed by atoms with Crippen LogP contribution in [0.4, 0.5) is 11.6 Å². The van der Waals surface area contributed by atoms with Crippen molar-refractivity contribution >= 4 is 17.5 Å². The molecule has 1 aromatic heterocycles. The first-order chi connectivity index (χ1) is 9.58. The highest BCUT2D eigenvalue weighted by atomic mass is 16.1. The number of hydrogen-bond donors (Lipinski definition) is 3. The van der Waals surface area contributed by atoms with Gasteiger partial charge in [-0.2, -0.15) is 0 Å². The van der Waals surface area contributed by atoms with Gasteiger partial charge in [-0.1, -0.05) is 6.92 Å². The second kappa shape index (κ2) is 8.35. The number of nitrogens with zero attached hydrogens (tertiary/aromatic N) is 2. The molecule has 6 nitrogen and oxygen atoms in total. The van der Waals surface area contributed by atoms with Crippen LogP contribution < -0.4 is 16.0 Å². The quantitative estimate of drug-likeness (QED) is 0.631. The van der Waals surface area contributed by atoms with E-state index in [1.165, 1.54) is 6.92 Å². The van der Waals surface area contributed by atoms with Gasteiger partial charge in [0.2, 0.25) is 5.91 Å². The van der Waals surface area contributed by atoms with Crippen LogP contribution >= 0.6 is 0 Å². The molecule has 0 atom stereocenters. The van der Waals surface area contributed by atoms with Gasteiger partial charge in [0.05, 0.1) is 0 Å². The van der Waals surface area contributed by atoms with Crippen LogP contribution in [0.1, 0.15) is 38.6 Å². The molecule has 0 saturated carbocycles. The molecule has 1 heterocycles. The highest BCUT2D eigenvalue weighted by Crippen LogP contribution is 2.20. The van der Waals surface area contributed by atoms with Crippen molar-refractivity contribution in [1.82, 2.24) is 15.3 Å². The molecule has 0 radical (unpaired) electrons. The predicted molar refractivity (Wildman–Crippen MR) is 82.1 cm³/mol. The van der Waals surface area contributed by atoms with Gasteiger partial charge in [-0.15, -0.1) is 0 Å². The Hall–Kier alpha value is -1.85. The van der Waals surface area contributed by atoms with Crippen molar-refractivity contribution in [3.63, 3.8) is 0 Å². The minimum absolute atomic E-state index is 0.0220. The van der Waals surface area contributed by atoms with E-state index in [9.17, 15) is 4.79 Å². The maximum Gasteiger partial charge on any atom is 0.216 e. The summed E-state index contributed by atoms with van der Waals surface area (Å²) in [5.74, 6) is 2.54. The summed E-state index contributed by atoms with van der Waals surface area (Å²) in [5, 5.41) is 9.28. The maximum absolute atomic E-state index is 10.8. The molecule has 0 fully saturated rings. The fourth-order valence-electron chi connectivity index (χ4n) is 1.83. The zero-order chi connectivity index (χ0) is 15.0. The molecule has 3 N–H and O–H groups in total. The second-order valence-electron chi connectivity index (χ2n) is 4.65. The summed E-state index contributed by atoms with van der Waals surface area (Å²) in [6.07, 6.45) is 1.87. The van der Waals surface area contributed by atoms with Crippen molar-refractivity contribution in [1.29, 1.82) is 0 Å². The van der Waals surface area contributed by atoms with Crippen molar-refractivity contribution in [2.45, 2.75) is 40.5 Å². The average Bonchev–Trinajstić information content (AvgIpc) is 2.39. The number of amides is 1. The summed E-state index contributed by atoms with van der Waals surface area (Å²) in [6.45, 7) is 9.72. The highest BCUT2D eigenvalue weighted by molar-refractivity contribution is 5.72. The smallest absolute Gasteiger partial charge is 0.216 e. The summed E-state index contributed by atoms with van der Waals surface area (Å²) < 4.78 is 0.